The zero-order valence-electron chi connectivity index (χ0n) is 20.6. The van der Waals surface area contributed by atoms with E-state index in [1.165, 1.54) is 83.5 Å². The maximum absolute atomic E-state index is 11.5. The van der Waals surface area contributed by atoms with Gasteiger partial charge in [-0.3, -0.25) is 4.55 Å². The van der Waals surface area contributed by atoms with Crippen molar-refractivity contribution in [1.29, 1.82) is 0 Å². The molecule has 0 amide bonds. The Kier molecular flexibility index (Phi) is 21.4. The van der Waals surface area contributed by atoms with E-state index in [1.807, 2.05) is 0 Å². The lowest BCUT2D eigenvalue weighted by Gasteiger charge is -2.04. The molecule has 0 atom stereocenters. The molecule has 33 heavy (non-hydrogen) atoms. The molecule has 0 saturated heterocycles. The molecule has 1 N–H and O–H groups in total. The monoisotopic (exact) mass is 490 g/mol. The molecule has 0 heterocycles. The molecule has 0 aromatic heterocycles. The van der Waals surface area contributed by atoms with Crippen LogP contribution in [-0.2, 0) is 29.2 Å². The van der Waals surface area contributed by atoms with Crippen molar-refractivity contribution in [3.63, 3.8) is 0 Å². The van der Waals surface area contributed by atoms with E-state index >= 15 is 0 Å². The highest BCUT2D eigenvalue weighted by Gasteiger charge is 2.05. The van der Waals surface area contributed by atoms with Gasteiger partial charge in [0.05, 0.1) is 19.0 Å². The summed E-state index contributed by atoms with van der Waals surface area (Å²) in [5, 5.41) is 0. The lowest BCUT2D eigenvalue weighted by Crippen LogP contribution is -2.10. The van der Waals surface area contributed by atoms with Gasteiger partial charge in [0.1, 0.15) is 0 Å². The van der Waals surface area contributed by atoms with Crippen LogP contribution in [0.5, 0.6) is 0 Å². The Balaban J connectivity index is 3.38. The van der Waals surface area contributed by atoms with E-state index in [4.69, 9.17) is 14.0 Å². The van der Waals surface area contributed by atoms with Gasteiger partial charge < -0.3 is 9.47 Å². The molecule has 8 heteroatoms. The van der Waals surface area contributed by atoms with Crippen molar-refractivity contribution in [2.45, 2.75) is 116 Å². The highest BCUT2D eigenvalue weighted by atomic mass is 32.2. The zero-order valence-corrected chi connectivity index (χ0v) is 21.4. The van der Waals surface area contributed by atoms with Gasteiger partial charge >= 0.3 is 11.9 Å². The van der Waals surface area contributed by atoms with Crippen LogP contribution in [0.25, 0.3) is 0 Å². The Labute approximate surface area is 201 Å². The Hall–Kier alpha value is -1.41. The van der Waals surface area contributed by atoms with Crippen LogP contribution in [0.2, 0.25) is 0 Å². The third-order valence-electron chi connectivity index (χ3n) is 5.39. The molecule has 0 aliphatic heterocycles. The molecule has 0 saturated carbocycles. The first-order valence-corrected chi connectivity index (χ1v) is 14.4. The number of carbonyl (C=O) groups excluding carboxylic acids is 2. The van der Waals surface area contributed by atoms with Gasteiger partial charge in [-0.05, 0) is 12.8 Å². The van der Waals surface area contributed by atoms with E-state index in [0.717, 1.165) is 31.4 Å². The minimum atomic E-state index is -4.06. The number of carbonyl (C=O) groups is 2. The molecule has 0 spiro atoms. The van der Waals surface area contributed by atoms with Gasteiger partial charge in [-0.2, -0.15) is 8.42 Å². The minimum absolute atomic E-state index is 0.0118. The molecule has 0 aromatic carbocycles. The van der Waals surface area contributed by atoms with Crippen molar-refractivity contribution in [2.24, 2.45) is 0 Å². The number of ether oxygens (including phenoxy) is 2. The third-order valence-corrected chi connectivity index (χ3v) is 6.19. The topological polar surface area (TPSA) is 107 Å². The van der Waals surface area contributed by atoms with Crippen molar-refractivity contribution in [2.75, 3.05) is 19.0 Å². The highest BCUT2D eigenvalue weighted by Crippen LogP contribution is 2.13. The SMILES string of the molecule is CCCCCCCCCCCCCCCCCCOC(=O)/C=C\C(=O)OCCCS(=O)(=O)O. The first kappa shape index (κ1) is 31.6. The summed E-state index contributed by atoms with van der Waals surface area (Å²) in [6, 6.07) is 0. The first-order chi connectivity index (χ1) is 15.8. The summed E-state index contributed by atoms with van der Waals surface area (Å²) in [6.45, 7) is 2.43. The molecule has 194 valence electrons. The second-order valence-electron chi connectivity index (χ2n) is 8.61. The number of rotatable bonds is 23. The number of esters is 2. The number of hydrogen-bond donors (Lipinski definition) is 1. The Morgan fingerprint density at radius 1 is 0.606 bits per heavy atom. The van der Waals surface area contributed by atoms with Crippen LogP contribution in [0, 0.1) is 0 Å². The average molecular weight is 491 g/mol. The number of unbranched alkanes of at least 4 members (excludes halogenated alkanes) is 15. The molecule has 7 nitrogen and oxygen atoms in total. The van der Waals surface area contributed by atoms with Crippen LogP contribution in [0.15, 0.2) is 12.2 Å². The normalized spacial score (nSPS) is 11.7. The maximum Gasteiger partial charge on any atom is 0.331 e. The zero-order chi connectivity index (χ0) is 24.6. The summed E-state index contributed by atoms with van der Waals surface area (Å²) in [4.78, 5) is 22.9. The molecule has 0 radical (unpaired) electrons. The first-order valence-electron chi connectivity index (χ1n) is 12.8. The molecule has 0 aromatic rings. The van der Waals surface area contributed by atoms with Crippen molar-refractivity contribution in [3.05, 3.63) is 12.2 Å². The van der Waals surface area contributed by atoms with Gasteiger partial charge in [-0.15, -0.1) is 0 Å². The summed E-state index contributed by atoms with van der Waals surface area (Å²) in [6.07, 6.45) is 22.5. The summed E-state index contributed by atoms with van der Waals surface area (Å²) in [5.41, 5.74) is 0. The molecule has 0 bridgehead atoms. The smallest absolute Gasteiger partial charge is 0.331 e. The van der Waals surface area contributed by atoms with Crippen LogP contribution in [0.1, 0.15) is 116 Å². The predicted molar refractivity (Wildman–Crippen MR) is 132 cm³/mol. The Morgan fingerprint density at radius 3 is 1.30 bits per heavy atom. The van der Waals surface area contributed by atoms with Gasteiger partial charge in [0.15, 0.2) is 0 Å². The van der Waals surface area contributed by atoms with E-state index in [-0.39, 0.29) is 13.0 Å². The second-order valence-corrected chi connectivity index (χ2v) is 10.2. The fourth-order valence-electron chi connectivity index (χ4n) is 3.47. The quantitative estimate of drug-likeness (QED) is 0.0790. The van der Waals surface area contributed by atoms with Crippen LogP contribution in [0.3, 0.4) is 0 Å². The maximum atomic E-state index is 11.5. The van der Waals surface area contributed by atoms with E-state index in [0.29, 0.717) is 6.61 Å². The molecule has 0 aliphatic rings. The minimum Gasteiger partial charge on any atom is -0.463 e. The fraction of sp³-hybridized carbons (Fsp3) is 0.840. The summed E-state index contributed by atoms with van der Waals surface area (Å²) >= 11 is 0. The molecular formula is C25H46O7S. The van der Waals surface area contributed by atoms with E-state index < -0.39 is 27.8 Å². The standard InChI is InChI=1S/C25H46O7S/c1-2-3-4-5-6-7-8-9-10-11-12-13-14-15-16-17-21-31-24(26)19-20-25(27)32-22-18-23-33(28,29)30/h19-20H,2-18,21-23H2,1H3,(H,28,29,30)/b20-19-. The van der Waals surface area contributed by atoms with Gasteiger partial charge in [0.25, 0.3) is 10.1 Å². The fourth-order valence-corrected chi connectivity index (χ4v) is 3.95. The van der Waals surface area contributed by atoms with E-state index in [1.54, 1.807) is 0 Å². The average Bonchev–Trinajstić information content (AvgIpc) is 2.76. The molecule has 0 fully saturated rings. The summed E-state index contributed by atoms with van der Waals surface area (Å²) in [5.74, 6) is -1.85. The van der Waals surface area contributed by atoms with Gasteiger partial charge in [-0.25, -0.2) is 9.59 Å². The molecule has 0 unspecified atom stereocenters. The summed E-state index contributed by atoms with van der Waals surface area (Å²) < 4.78 is 39.4. The lowest BCUT2D eigenvalue weighted by atomic mass is 10.0. The van der Waals surface area contributed by atoms with Crippen molar-refractivity contribution >= 4 is 22.1 Å². The van der Waals surface area contributed by atoms with Crippen LogP contribution >= 0.6 is 0 Å². The Bertz CT molecular complexity index is 614. The summed E-state index contributed by atoms with van der Waals surface area (Å²) in [7, 11) is -4.06. The Morgan fingerprint density at radius 2 is 0.939 bits per heavy atom. The largest absolute Gasteiger partial charge is 0.463 e. The lowest BCUT2D eigenvalue weighted by molar-refractivity contribution is -0.140. The molecule has 0 aliphatic carbocycles. The number of hydrogen-bond acceptors (Lipinski definition) is 6. The van der Waals surface area contributed by atoms with Gasteiger partial charge in [0, 0.05) is 12.2 Å². The molecular weight excluding hydrogens is 444 g/mol. The van der Waals surface area contributed by atoms with Crippen molar-refractivity contribution in [1.82, 2.24) is 0 Å². The van der Waals surface area contributed by atoms with E-state index in [2.05, 4.69) is 6.92 Å². The highest BCUT2D eigenvalue weighted by molar-refractivity contribution is 7.85. The van der Waals surface area contributed by atoms with Gasteiger partial charge in [0.2, 0.25) is 0 Å². The van der Waals surface area contributed by atoms with Crippen LogP contribution < -0.4 is 0 Å². The van der Waals surface area contributed by atoms with Crippen LogP contribution in [-0.4, -0.2) is 43.9 Å². The third kappa shape index (κ3) is 26.7. The van der Waals surface area contributed by atoms with E-state index in [9.17, 15) is 18.0 Å². The second kappa shape index (κ2) is 22.4. The molecule has 0 rings (SSSR count). The van der Waals surface area contributed by atoms with Crippen molar-refractivity contribution < 1.29 is 32.0 Å². The van der Waals surface area contributed by atoms with Crippen molar-refractivity contribution in [3.8, 4) is 0 Å². The van der Waals surface area contributed by atoms with Crippen LogP contribution in [0.4, 0.5) is 0 Å². The predicted octanol–water partition coefficient (Wildman–Crippen LogP) is 6.17. The van der Waals surface area contributed by atoms with Gasteiger partial charge in [-0.1, -0.05) is 103 Å².